The Labute approximate surface area is 177 Å². The zero-order valence-corrected chi connectivity index (χ0v) is 18.9. The molecule has 4 rings (SSSR count). The first-order valence-electron chi connectivity index (χ1n) is 10.8. The molecule has 1 aliphatic rings. The summed E-state index contributed by atoms with van der Waals surface area (Å²) >= 11 is 0. The highest BCUT2D eigenvalue weighted by atomic mass is 16.1. The molecule has 160 valence electrons. The van der Waals surface area contributed by atoms with Gasteiger partial charge in [-0.3, -0.25) is 9.69 Å². The third-order valence-corrected chi connectivity index (χ3v) is 6.34. The van der Waals surface area contributed by atoms with Crippen LogP contribution < -0.4 is 5.56 Å². The third kappa shape index (κ3) is 3.78. The molecular weight excluding hydrogens is 376 g/mol. The lowest BCUT2D eigenvalue weighted by atomic mass is 9.94. The van der Waals surface area contributed by atoms with Gasteiger partial charge in [-0.1, -0.05) is 6.92 Å². The van der Waals surface area contributed by atoms with Crippen LogP contribution in [0.4, 0.5) is 0 Å². The average molecular weight is 409 g/mol. The van der Waals surface area contributed by atoms with E-state index in [9.17, 15) is 4.79 Å². The van der Waals surface area contributed by atoms with Gasteiger partial charge in [-0.25, -0.2) is 4.68 Å². The van der Waals surface area contributed by atoms with Gasteiger partial charge >= 0.3 is 0 Å². The Hall–Kier alpha value is -2.54. The van der Waals surface area contributed by atoms with E-state index in [2.05, 4.69) is 73.0 Å². The second-order valence-corrected chi connectivity index (χ2v) is 9.82. The maximum atomic E-state index is 13.3. The number of fused-ring (bicyclic) bond motifs is 1. The standard InChI is InChI=1S/C23H32N6O/c1-14-7-9-28(10-8-14)20(21-25-26-27-29(21)23(4,5)6)18-13-17-11-15(2)16(3)12-19(17)24-22(18)30/h11-14,20H,7-10H2,1-6H3,(H,24,30)/t20-/m0/s1. The number of benzene rings is 1. The molecule has 0 amide bonds. The maximum Gasteiger partial charge on any atom is 0.253 e. The van der Waals surface area contributed by atoms with E-state index < -0.39 is 0 Å². The molecule has 1 aliphatic heterocycles. The smallest absolute Gasteiger partial charge is 0.253 e. The van der Waals surface area contributed by atoms with Crippen molar-refractivity contribution in [2.45, 2.75) is 66.0 Å². The predicted molar refractivity (Wildman–Crippen MR) is 119 cm³/mol. The summed E-state index contributed by atoms with van der Waals surface area (Å²) in [6, 6.07) is 5.95. The van der Waals surface area contributed by atoms with Crippen molar-refractivity contribution >= 4 is 10.9 Å². The highest BCUT2D eigenvalue weighted by Crippen LogP contribution is 2.32. The number of likely N-dealkylation sites (tertiary alicyclic amines) is 1. The minimum atomic E-state index is -0.280. The molecule has 0 saturated carbocycles. The van der Waals surface area contributed by atoms with Crippen molar-refractivity contribution in [1.29, 1.82) is 0 Å². The largest absolute Gasteiger partial charge is 0.322 e. The van der Waals surface area contributed by atoms with Gasteiger partial charge in [0.1, 0.15) is 6.04 Å². The first-order valence-corrected chi connectivity index (χ1v) is 10.8. The molecule has 2 aromatic heterocycles. The van der Waals surface area contributed by atoms with Crippen LogP contribution in [0.1, 0.15) is 69.1 Å². The fraction of sp³-hybridized carbons (Fsp3) is 0.565. The molecule has 0 unspecified atom stereocenters. The van der Waals surface area contributed by atoms with Crippen LogP contribution in [0.15, 0.2) is 23.0 Å². The fourth-order valence-electron chi connectivity index (χ4n) is 4.33. The van der Waals surface area contributed by atoms with Gasteiger partial charge in [0.05, 0.1) is 5.54 Å². The normalized spacial score (nSPS) is 17.5. The number of hydrogen-bond acceptors (Lipinski definition) is 5. The number of H-pyrrole nitrogens is 1. The van der Waals surface area contributed by atoms with Crippen molar-refractivity contribution in [3.63, 3.8) is 0 Å². The van der Waals surface area contributed by atoms with Gasteiger partial charge < -0.3 is 4.98 Å². The van der Waals surface area contributed by atoms with Crippen LogP contribution >= 0.6 is 0 Å². The molecule has 3 aromatic rings. The number of aryl methyl sites for hydroxylation is 2. The second-order valence-electron chi connectivity index (χ2n) is 9.82. The molecule has 1 aromatic carbocycles. The summed E-state index contributed by atoms with van der Waals surface area (Å²) in [4.78, 5) is 18.8. The van der Waals surface area contributed by atoms with Crippen molar-refractivity contribution in [2.75, 3.05) is 13.1 Å². The zero-order chi connectivity index (χ0) is 21.6. The maximum absolute atomic E-state index is 13.3. The topological polar surface area (TPSA) is 79.7 Å². The Morgan fingerprint density at radius 1 is 1.10 bits per heavy atom. The van der Waals surface area contributed by atoms with Crippen LogP contribution in [0.3, 0.4) is 0 Å². The quantitative estimate of drug-likeness (QED) is 0.715. The van der Waals surface area contributed by atoms with Gasteiger partial charge in [-0.15, -0.1) is 5.10 Å². The molecule has 3 heterocycles. The van der Waals surface area contributed by atoms with E-state index in [1.54, 1.807) is 0 Å². The van der Waals surface area contributed by atoms with Gasteiger partial charge in [0.25, 0.3) is 5.56 Å². The zero-order valence-electron chi connectivity index (χ0n) is 18.9. The lowest BCUT2D eigenvalue weighted by Gasteiger charge is -2.36. The van der Waals surface area contributed by atoms with E-state index in [0.717, 1.165) is 42.7 Å². The molecule has 1 N–H and O–H groups in total. The van der Waals surface area contributed by atoms with E-state index in [4.69, 9.17) is 0 Å². The third-order valence-electron chi connectivity index (χ3n) is 6.34. The van der Waals surface area contributed by atoms with Crippen molar-refractivity contribution in [3.8, 4) is 0 Å². The van der Waals surface area contributed by atoms with Crippen molar-refractivity contribution in [1.82, 2.24) is 30.1 Å². The van der Waals surface area contributed by atoms with Crippen LogP contribution in [0.5, 0.6) is 0 Å². The summed E-state index contributed by atoms with van der Waals surface area (Å²) in [6.45, 7) is 14.6. The molecule has 0 spiro atoms. The number of piperidine rings is 1. The van der Waals surface area contributed by atoms with E-state index in [0.29, 0.717) is 11.5 Å². The average Bonchev–Trinajstić information content (AvgIpc) is 3.15. The van der Waals surface area contributed by atoms with Gasteiger partial charge in [0.15, 0.2) is 5.82 Å². The highest BCUT2D eigenvalue weighted by Gasteiger charge is 2.34. The molecule has 0 aliphatic carbocycles. The number of rotatable bonds is 3. The van der Waals surface area contributed by atoms with Crippen LogP contribution in [0.25, 0.3) is 10.9 Å². The SMILES string of the molecule is Cc1cc2cc([C@@H](c3nnnn3C(C)(C)C)N3CCC(C)CC3)c(=O)[nH]c2cc1C. The number of nitrogens with zero attached hydrogens (tertiary/aromatic N) is 5. The number of pyridine rings is 1. The summed E-state index contributed by atoms with van der Waals surface area (Å²) in [6.07, 6.45) is 2.22. The second kappa shape index (κ2) is 7.61. The van der Waals surface area contributed by atoms with E-state index in [1.807, 2.05) is 16.8 Å². The fourth-order valence-corrected chi connectivity index (χ4v) is 4.33. The van der Waals surface area contributed by atoms with Crippen LogP contribution in [-0.4, -0.2) is 43.2 Å². The van der Waals surface area contributed by atoms with Crippen molar-refractivity contribution in [3.05, 3.63) is 51.1 Å². The summed E-state index contributed by atoms with van der Waals surface area (Å²) in [5, 5.41) is 13.7. The van der Waals surface area contributed by atoms with Gasteiger partial charge in [-0.05, 0) is 112 Å². The van der Waals surface area contributed by atoms with Crippen molar-refractivity contribution < 1.29 is 0 Å². The Morgan fingerprint density at radius 2 is 1.77 bits per heavy atom. The molecule has 1 fully saturated rings. The molecule has 1 atom stereocenters. The molecule has 0 bridgehead atoms. The van der Waals surface area contributed by atoms with E-state index in [-0.39, 0.29) is 17.1 Å². The van der Waals surface area contributed by atoms with E-state index >= 15 is 0 Å². The van der Waals surface area contributed by atoms with Crippen LogP contribution in [0.2, 0.25) is 0 Å². The highest BCUT2D eigenvalue weighted by molar-refractivity contribution is 5.81. The number of tetrazole rings is 1. The Bertz CT molecular complexity index is 1110. The minimum Gasteiger partial charge on any atom is -0.322 e. The monoisotopic (exact) mass is 408 g/mol. The first kappa shape index (κ1) is 20.7. The first-order chi connectivity index (χ1) is 14.1. The molecule has 7 nitrogen and oxygen atoms in total. The van der Waals surface area contributed by atoms with E-state index in [1.165, 1.54) is 11.1 Å². The van der Waals surface area contributed by atoms with Crippen LogP contribution in [0, 0.1) is 19.8 Å². The van der Waals surface area contributed by atoms with Crippen molar-refractivity contribution in [2.24, 2.45) is 5.92 Å². The molecule has 0 radical (unpaired) electrons. The number of aromatic amines is 1. The van der Waals surface area contributed by atoms with Gasteiger partial charge in [0.2, 0.25) is 0 Å². The van der Waals surface area contributed by atoms with Gasteiger partial charge in [-0.2, -0.15) is 0 Å². The van der Waals surface area contributed by atoms with Crippen LogP contribution in [-0.2, 0) is 5.54 Å². The summed E-state index contributed by atoms with van der Waals surface area (Å²) in [5.74, 6) is 1.42. The van der Waals surface area contributed by atoms with Gasteiger partial charge in [0, 0.05) is 11.1 Å². The Kier molecular flexibility index (Phi) is 5.26. The number of hydrogen-bond donors (Lipinski definition) is 1. The summed E-state index contributed by atoms with van der Waals surface area (Å²) < 4.78 is 1.86. The minimum absolute atomic E-state index is 0.0714. The molecule has 7 heteroatoms. The summed E-state index contributed by atoms with van der Waals surface area (Å²) in [5.41, 5.74) is 3.61. The molecular formula is C23H32N6O. The summed E-state index contributed by atoms with van der Waals surface area (Å²) in [7, 11) is 0. The Balaban J connectivity index is 1.90. The number of aromatic nitrogens is 5. The lowest BCUT2D eigenvalue weighted by molar-refractivity contribution is 0.144. The molecule has 1 saturated heterocycles. The Morgan fingerprint density at radius 3 is 2.43 bits per heavy atom. The molecule has 30 heavy (non-hydrogen) atoms. The lowest BCUT2D eigenvalue weighted by Crippen LogP contribution is -2.41. The predicted octanol–water partition coefficient (Wildman–Crippen LogP) is 3.71. The number of nitrogens with one attached hydrogen (secondary N) is 1.